The quantitative estimate of drug-likeness (QED) is 0.812. The van der Waals surface area contributed by atoms with Crippen molar-refractivity contribution in [2.45, 2.75) is 55.8 Å². The van der Waals surface area contributed by atoms with Gasteiger partial charge in [0.05, 0.1) is 23.1 Å². The summed E-state index contributed by atoms with van der Waals surface area (Å²) in [6, 6.07) is 3.64. The molecule has 3 heterocycles. The molecule has 2 unspecified atom stereocenters. The van der Waals surface area contributed by atoms with Gasteiger partial charge in [0.15, 0.2) is 0 Å². The fourth-order valence-electron chi connectivity index (χ4n) is 4.08. The number of alkyl halides is 3. The Hall–Kier alpha value is -1.32. The van der Waals surface area contributed by atoms with Crippen LogP contribution in [0.25, 0.3) is 0 Å². The largest absolute Gasteiger partial charge is 0.401 e. The molecule has 2 atom stereocenters. The zero-order chi connectivity index (χ0) is 16.7. The number of hydrogen-bond donors (Lipinski definition) is 0. The van der Waals surface area contributed by atoms with Crippen LogP contribution in [0.2, 0.25) is 5.02 Å². The van der Waals surface area contributed by atoms with Crippen molar-refractivity contribution in [2.75, 3.05) is 6.54 Å². The lowest BCUT2D eigenvalue weighted by atomic mass is 9.66. The van der Waals surface area contributed by atoms with Crippen LogP contribution in [-0.2, 0) is 5.41 Å². The van der Waals surface area contributed by atoms with Crippen molar-refractivity contribution in [3.63, 3.8) is 0 Å². The summed E-state index contributed by atoms with van der Waals surface area (Å²) in [5, 5.41) is 10.2. The Kier molecular flexibility index (Phi) is 4.28. The fraction of sp³-hybridized carbons (Fsp3) is 0.625. The Balaban J connectivity index is 1.91. The molecule has 0 amide bonds. The number of nitrogens with zero attached hydrogens (tertiary/aromatic N) is 3. The van der Waals surface area contributed by atoms with Crippen molar-refractivity contribution >= 4 is 11.6 Å². The predicted molar refractivity (Wildman–Crippen MR) is 80.0 cm³/mol. The molecule has 1 aromatic rings. The van der Waals surface area contributed by atoms with E-state index in [1.165, 1.54) is 6.20 Å². The molecule has 2 saturated heterocycles. The number of fused-ring (bicyclic) bond motifs is 2. The number of nitriles is 1. The lowest BCUT2D eigenvalue weighted by molar-refractivity contribution is -0.167. The molecular weight excluding hydrogens is 327 g/mol. The first kappa shape index (κ1) is 16.5. The minimum atomic E-state index is -4.21. The average Bonchev–Trinajstić information content (AvgIpc) is 2.45. The van der Waals surface area contributed by atoms with Gasteiger partial charge in [-0.3, -0.25) is 9.88 Å². The standard InChI is InChI=1S/C16H17ClF3N3/c17-12-4-11(7-22-8-12)15(9-21)5-13-2-1-3-14(6-15)23(13)10-16(18,19)20/h4,7-8,13-14H,1-3,5-6,10H2. The molecule has 0 N–H and O–H groups in total. The number of rotatable bonds is 2. The predicted octanol–water partition coefficient (Wildman–Crippen LogP) is 4.08. The maximum absolute atomic E-state index is 12.9. The van der Waals surface area contributed by atoms with Crippen LogP contribution in [0.1, 0.15) is 37.7 Å². The Morgan fingerprint density at radius 3 is 2.48 bits per heavy atom. The van der Waals surface area contributed by atoms with E-state index in [2.05, 4.69) is 11.1 Å². The second-order valence-electron chi connectivity index (χ2n) is 6.52. The first-order valence-electron chi connectivity index (χ1n) is 7.68. The van der Waals surface area contributed by atoms with Gasteiger partial charge in [-0.2, -0.15) is 18.4 Å². The van der Waals surface area contributed by atoms with Crippen LogP contribution in [0.4, 0.5) is 13.2 Å². The van der Waals surface area contributed by atoms with E-state index in [9.17, 15) is 18.4 Å². The minimum absolute atomic E-state index is 0.220. The molecule has 3 nitrogen and oxygen atoms in total. The SMILES string of the molecule is N#CC1(c2cncc(Cl)c2)CC2CCCC(C1)N2CC(F)(F)F. The Morgan fingerprint density at radius 1 is 1.30 bits per heavy atom. The molecule has 2 aliphatic heterocycles. The zero-order valence-corrected chi connectivity index (χ0v) is 13.2. The van der Waals surface area contributed by atoms with E-state index in [4.69, 9.17) is 11.6 Å². The number of aromatic nitrogens is 1. The van der Waals surface area contributed by atoms with Crippen molar-refractivity contribution in [3.05, 3.63) is 29.0 Å². The first-order chi connectivity index (χ1) is 10.8. The van der Waals surface area contributed by atoms with Gasteiger partial charge in [-0.1, -0.05) is 18.0 Å². The number of piperidine rings is 2. The van der Waals surface area contributed by atoms with Crippen molar-refractivity contribution in [1.82, 2.24) is 9.88 Å². The van der Waals surface area contributed by atoms with Gasteiger partial charge in [0, 0.05) is 24.5 Å². The third-order valence-electron chi connectivity index (χ3n) is 5.01. The number of hydrogen-bond acceptors (Lipinski definition) is 3. The third kappa shape index (κ3) is 3.31. The highest BCUT2D eigenvalue weighted by atomic mass is 35.5. The molecule has 2 bridgehead atoms. The van der Waals surface area contributed by atoms with Crippen LogP contribution in [0.5, 0.6) is 0 Å². The maximum atomic E-state index is 12.9. The highest BCUT2D eigenvalue weighted by Crippen LogP contribution is 2.46. The summed E-state index contributed by atoms with van der Waals surface area (Å²) >= 11 is 5.99. The topological polar surface area (TPSA) is 39.9 Å². The molecule has 0 aromatic carbocycles. The highest BCUT2D eigenvalue weighted by molar-refractivity contribution is 6.30. The van der Waals surface area contributed by atoms with Crippen LogP contribution >= 0.6 is 11.6 Å². The second kappa shape index (κ2) is 5.95. The van der Waals surface area contributed by atoms with Crippen molar-refractivity contribution in [1.29, 1.82) is 5.26 Å². The van der Waals surface area contributed by atoms with E-state index in [0.717, 1.165) is 12.0 Å². The lowest BCUT2D eigenvalue weighted by Gasteiger charge is -2.51. The van der Waals surface area contributed by atoms with Gasteiger partial charge in [-0.15, -0.1) is 0 Å². The molecule has 0 saturated carbocycles. The minimum Gasteiger partial charge on any atom is -0.289 e. The van der Waals surface area contributed by atoms with Crippen LogP contribution in [-0.4, -0.2) is 34.7 Å². The van der Waals surface area contributed by atoms with E-state index in [1.54, 1.807) is 17.2 Å². The third-order valence-corrected chi connectivity index (χ3v) is 5.22. The summed E-state index contributed by atoms with van der Waals surface area (Å²) in [6.45, 7) is -0.891. The Labute approximate surface area is 138 Å². The monoisotopic (exact) mass is 343 g/mol. The lowest BCUT2D eigenvalue weighted by Crippen LogP contribution is -2.58. The van der Waals surface area contributed by atoms with Crippen LogP contribution < -0.4 is 0 Å². The molecule has 0 aliphatic carbocycles. The number of pyridine rings is 1. The molecule has 3 rings (SSSR count). The van der Waals surface area contributed by atoms with Crippen molar-refractivity contribution in [3.8, 4) is 6.07 Å². The summed E-state index contributed by atoms with van der Waals surface area (Å²) < 4.78 is 38.6. The summed E-state index contributed by atoms with van der Waals surface area (Å²) in [5.74, 6) is 0. The molecule has 23 heavy (non-hydrogen) atoms. The zero-order valence-electron chi connectivity index (χ0n) is 12.5. The van der Waals surface area contributed by atoms with Crippen LogP contribution in [0.3, 0.4) is 0 Å². The van der Waals surface area contributed by atoms with Gasteiger partial charge in [-0.25, -0.2) is 0 Å². The molecule has 7 heteroatoms. The van der Waals surface area contributed by atoms with Gasteiger partial charge in [-0.05, 0) is 37.3 Å². The van der Waals surface area contributed by atoms with E-state index in [-0.39, 0.29) is 12.1 Å². The summed E-state index contributed by atoms with van der Waals surface area (Å²) in [4.78, 5) is 5.60. The van der Waals surface area contributed by atoms with E-state index in [1.807, 2.05) is 0 Å². The average molecular weight is 344 g/mol. The van der Waals surface area contributed by atoms with E-state index >= 15 is 0 Å². The Morgan fingerprint density at radius 2 is 1.96 bits per heavy atom. The molecule has 0 radical (unpaired) electrons. The molecule has 2 aliphatic rings. The normalized spacial score (nSPS) is 31.6. The van der Waals surface area contributed by atoms with E-state index in [0.29, 0.717) is 30.7 Å². The van der Waals surface area contributed by atoms with Gasteiger partial charge in [0.25, 0.3) is 0 Å². The van der Waals surface area contributed by atoms with Crippen molar-refractivity contribution in [2.24, 2.45) is 0 Å². The highest BCUT2D eigenvalue weighted by Gasteiger charge is 2.50. The van der Waals surface area contributed by atoms with Crippen LogP contribution in [0, 0.1) is 11.3 Å². The summed E-state index contributed by atoms with van der Waals surface area (Å²) in [7, 11) is 0. The second-order valence-corrected chi connectivity index (χ2v) is 6.96. The van der Waals surface area contributed by atoms with Crippen LogP contribution in [0.15, 0.2) is 18.5 Å². The van der Waals surface area contributed by atoms with Gasteiger partial charge < -0.3 is 0 Å². The van der Waals surface area contributed by atoms with Gasteiger partial charge >= 0.3 is 6.18 Å². The maximum Gasteiger partial charge on any atom is 0.401 e. The molecule has 0 spiro atoms. The smallest absolute Gasteiger partial charge is 0.289 e. The summed E-state index contributed by atoms with van der Waals surface area (Å²) in [6.07, 6.45) is 2.02. The van der Waals surface area contributed by atoms with Gasteiger partial charge in [0.1, 0.15) is 0 Å². The number of halogens is 4. The van der Waals surface area contributed by atoms with Crippen molar-refractivity contribution < 1.29 is 13.2 Å². The first-order valence-corrected chi connectivity index (χ1v) is 8.05. The Bertz CT molecular complexity index is 612. The molecule has 124 valence electrons. The molecule has 2 fully saturated rings. The summed E-state index contributed by atoms with van der Waals surface area (Å²) in [5.41, 5.74) is -0.0773. The molecular formula is C16H17ClF3N3. The van der Waals surface area contributed by atoms with Gasteiger partial charge in [0.2, 0.25) is 0 Å². The molecule has 1 aromatic heterocycles. The fourth-order valence-corrected chi connectivity index (χ4v) is 4.25. The van der Waals surface area contributed by atoms with E-state index < -0.39 is 18.1 Å².